The average molecular weight is 179 g/mol. The Morgan fingerprint density at radius 2 is 2.38 bits per heavy atom. The summed E-state index contributed by atoms with van der Waals surface area (Å²) in [5.41, 5.74) is 1.56. The summed E-state index contributed by atoms with van der Waals surface area (Å²) in [6.45, 7) is 6.75. The Bertz CT molecular complexity index is 301. The van der Waals surface area contributed by atoms with E-state index in [1.54, 1.807) is 0 Å². The molecule has 1 aliphatic rings. The van der Waals surface area contributed by atoms with E-state index in [4.69, 9.17) is 0 Å². The Hall–Kier alpha value is -0.830. The van der Waals surface area contributed by atoms with Crippen molar-refractivity contribution in [3.05, 3.63) is 18.0 Å². The Kier molecular flexibility index (Phi) is 1.91. The number of aryl methyl sites for hydroxylation is 1. The Balaban J connectivity index is 2.26. The highest BCUT2D eigenvalue weighted by Crippen LogP contribution is 2.37. The van der Waals surface area contributed by atoms with E-state index in [9.17, 15) is 0 Å². The summed E-state index contributed by atoms with van der Waals surface area (Å²) in [5, 5.41) is 7.89. The summed E-state index contributed by atoms with van der Waals surface area (Å²) >= 11 is 0. The van der Waals surface area contributed by atoms with Crippen LogP contribution < -0.4 is 5.32 Å². The van der Waals surface area contributed by atoms with Crippen molar-refractivity contribution in [1.82, 2.24) is 15.1 Å². The van der Waals surface area contributed by atoms with Gasteiger partial charge in [-0.3, -0.25) is 4.68 Å². The van der Waals surface area contributed by atoms with Crippen LogP contribution in [0.5, 0.6) is 0 Å². The lowest BCUT2D eigenvalue weighted by Crippen LogP contribution is -2.21. The summed E-state index contributed by atoms with van der Waals surface area (Å²) < 4.78 is 1.88. The van der Waals surface area contributed by atoms with Gasteiger partial charge in [0.1, 0.15) is 0 Å². The zero-order chi connectivity index (χ0) is 9.47. The van der Waals surface area contributed by atoms with E-state index in [2.05, 4.69) is 30.3 Å². The van der Waals surface area contributed by atoms with E-state index >= 15 is 0 Å². The second-order valence-electron chi connectivity index (χ2n) is 4.59. The second-order valence-corrected chi connectivity index (χ2v) is 4.59. The predicted molar refractivity (Wildman–Crippen MR) is 52.6 cm³/mol. The SMILES string of the molecule is Cn1ccc([C@H]2CNCC2(C)C)n1. The van der Waals surface area contributed by atoms with Crippen molar-refractivity contribution in [3.8, 4) is 0 Å². The Morgan fingerprint density at radius 1 is 1.62 bits per heavy atom. The summed E-state index contributed by atoms with van der Waals surface area (Å²) in [6.07, 6.45) is 2.02. The largest absolute Gasteiger partial charge is 0.315 e. The van der Waals surface area contributed by atoms with Gasteiger partial charge in [-0.25, -0.2) is 0 Å². The minimum Gasteiger partial charge on any atom is -0.315 e. The molecule has 1 aliphatic heterocycles. The quantitative estimate of drug-likeness (QED) is 0.700. The molecule has 13 heavy (non-hydrogen) atoms. The predicted octanol–water partition coefficient (Wildman–Crippen LogP) is 1.13. The number of rotatable bonds is 1. The summed E-state index contributed by atoms with van der Waals surface area (Å²) in [6, 6.07) is 2.12. The van der Waals surface area contributed by atoms with Crippen LogP contribution >= 0.6 is 0 Å². The van der Waals surface area contributed by atoms with E-state index in [1.165, 1.54) is 5.69 Å². The van der Waals surface area contributed by atoms with Gasteiger partial charge >= 0.3 is 0 Å². The van der Waals surface area contributed by atoms with Crippen molar-refractivity contribution in [1.29, 1.82) is 0 Å². The van der Waals surface area contributed by atoms with E-state index in [0.29, 0.717) is 11.3 Å². The van der Waals surface area contributed by atoms with Crippen molar-refractivity contribution in [2.75, 3.05) is 13.1 Å². The van der Waals surface area contributed by atoms with Gasteiger partial charge in [0.15, 0.2) is 0 Å². The molecule has 3 nitrogen and oxygen atoms in total. The van der Waals surface area contributed by atoms with Gasteiger partial charge in [0.2, 0.25) is 0 Å². The fourth-order valence-corrected chi connectivity index (χ4v) is 2.06. The van der Waals surface area contributed by atoms with Gasteiger partial charge in [-0.15, -0.1) is 0 Å². The van der Waals surface area contributed by atoms with E-state index < -0.39 is 0 Å². The van der Waals surface area contributed by atoms with Gasteiger partial charge < -0.3 is 5.32 Å². The first-order valence-corrected chi connectivity index (χ1v) is 4.80. The van der Waals surface area contributed by atoms with Crippen LogP contribution in [-0.4, -0.2) is 22.9 Å². The fourth-order valence-electron chi connectivity index (χ4n) is 2.06. The molecule has 0 spiro atoms. The third kappa shape index (κ3) is 1.48. The number of nitrogens with zero attached hydrogens (tertiary/aromatic N) is 2. The highest BCUT2D eigenvalue weighted by atomic mass is 15.3. The first kappa shape index (κ1) is 8.75. The molecule has 1 saturated heterocycles. The summed E-state index contributed by atoms with van der Waals surface area (Å²) in [4.78, 5) is 0. The van der Waals surface area contributed by atoms with E-state index in [1.807, 2.05) is 17.9 Å². The zero-order valence-corrected chi connectivity index (χ0v) is 8.54. The molecule has 72 valence electrons. The standard InChI is InChI=1S/C10H17N3/c1-10(2)7-11-6-8(10)9-4-5-13(3)12-9/h4-5,8,11H,6-7H2,1-3H3/t8-/m1/s1. The van der Waals surface area contributed by atoms with Crippen LogP contribution in [-0.2, 0) is 7.05 Å². The van der Waals surface area contributed by atoms with E-state index in [0.717, 1.165) is 13.1 Å². The second kappa shape index (κ2) is 2.84. The normalized spacial score (nSPS) is 26.5. The minimum atomic E-state index is 0.342. The molecule has 3 heteroatoms. The maximum atomic E-state index is 4.46. The molecule has 0 radical (unpaired) electrons. The van der Waals surface area contributed by atoms with Crippen molar-refractivity contribution in [2.24, 2.45) is 12.5 Å². The monoisotopic (exact) mass is 179 g/mol. The maximum Gasteiger partial charge on any atom is 0.0673 e. The molecule has 1 fully saturated rings. The lowest BCUT2D eigenvalue weighted by molar-refractivity contribution is 0.356. The number of hydrogen-bond acceptors (Lipinski definition) is 2. The van der Waals surface area contributed by atoms with Crippen LogP contribution in [0.15, 0.2) is 12.3 Å². The van der Waals surface area contributed by atoms with Gasteiger partial charge in [-0.2, -0.15) is 5.10 Å². The molecular formula is C10H17N3. The first-order chi connectivity index (χ1) is 6.09. The van der Waals surface area contributed by atoms with Crippen molar-refractivity contribution in [2.45, 2.75) is 19.8 Å². The number of nitrogens with one attached hydrogen (secondary N) is 1. The van der Waals surface area contributed by atoms with Crippen LogP contribution in [0.25, 0.3) is 0 Å². The summed E-state index contributed by atoms with van der Waals surface area (Å²) in [7, 11) is 1.97. The Morgan fingerprint density at radius 3 is 2.85 bits per heavy atom. The van der Waals surface area contributed by atoms with Gasteiger partial charge in [0.25, 0.3) is 0 Å². The lowest BCUT2D eigenvalue weighted by Gasteiger charge is -2.23. The third-order valence-electron chi connectivity index (χ3n) is 2.96. The van der Waals surface area contributed by atoms with Crippen LogP contribution in [0.3, 0.4) is 0 Å². The molecular weight excluding hydrogens is 162 g/mol. The molecule has 0 aliphatic carbocycles. The molecule has 2 rings (SSSR count). The van der Waals surface area contributed by atoms with Gasteiger partial charge in [0, 0.05) is 32.3 Å². The number of hydrogen-bond donors (Lipinski definition) is 1. The van der Waals surface area contributed by atoms with Gasteiger partial charge in [-0.1, -0.05) is 13.8 Å². The lowest BCUT2D eigenvalue weighted by atomic mass is 9.80. The smallest absolute Gasteiger partial charge is 0.0673 e. The first-order valence-electron chi connectivity index (χ1n) is 4.80. The van der Waals surface area contributed by atoms with Crippen molar-refractivity contribution >= 4 is 0 Å². The highest BCUT2D eigenvalue weighted by Gasteiger charge is 2.36. The maximum absolute atomic E-state index is 4.46. The number of aromatic nitrogens is 2. The molecule has 1 atom stereocenters. The average Bonchev–Trinajstić information content (AvgIpc) is 2.56. The molecule has 1 N–H and O–H groups in total. The Labute approximate surface area is 79.1 Å². The van der Waals surface area contributed by atoms with Crippen LogP contribution in [0.2, 0.25) is 0 Å². The van der Waals surface area contributed by atoms with Crippen LogP contribution in [0.1, 0.15) is 25.5 Å². The molecule has 0 unspecified atom stereocenters. The minimum absolute atomic E-state index is 0.342. The molecule has 0 aromatic carbocycles. The fraction of sp³-hybridized carbons (Fsp3) is 0.700. The zero-order valence-electron chi connectivity index (χ0n) is 8.54. The molecule has 0 bridgehead atoms. The topological polar surface area (TPSA) is 29.9 Å². The molecule has 0 saturated carbocycles. The molecule has 0 amide bonds. The highest BCUT2D eigenvalue weighted by molar-refractivity contribution is 5.14. The third-order valence-corrected chi connectivity index (χ3v) is 2.96. The van der Waals surface area contributed by atoms with Gasteiger partial charge in [-0.05, 0) is 11.5 Å². The van der Waals surface area contributed by atoms with Crippen LogP contribution in [0.4, 0.5) is 0 Å². The van der Waals surface area contributed by atoms with Crippen molar-refractivity contribution in [3.63, 3.8) is 0 Å². The van der Waals surface area contributed by atoms with Crippen molar-refractivity contribution < 1.29 is 0 Å². The molecule has 1 aromatic rings. The van der Waals surface area contributed by atoms with E-state index in [-0.39, 0.29) is 0 Å². The molecule has 1 aromatic heterocycles. The molecule has 2 heterocycles. The summed E-state index contributed by atoms with van der Waals surface area (Å²) in [5.74, 6) is 0.564. The van der Waals surface area contributed by atoms with Crippen LogP contribution in [0, 0.1) is 5.41 Å². The van der Waals surface area contributed by atoms with Gasteiger partial charge in [0.05, 0.1) is 5.69 Å².